The standard InChI is InChI=1S/C51H84O6/c1-4-7-10-13-16-19-22-25-28-31-34-37-40-43-49(52)55-46-48(57-51(54)45-42-39-36-33-30-27-24-21-18-15-12-9-6-3)47-56-50(53)44-41-38-35-32-29-26-23-20-17-14-11-8-5-2/h7,9-10,12-13,15-16,18-19,21-22,24,26,29,48H,4-6,8,11,14,17,20,23,25,27-28,30-47H2,1-3H3/b10-7-,12-9-,16-13-,18-15-,22-19-,24-21-,29-26-. The molecular formula is C51H84O6. The summed E-state index contributed by atoms with van der Waals surface area (Å²) in [6.45, 7) is 6.29. The molecule has 0 bridgehead atoms. The molecule has 0 aliphatic carbocycles. The Morgan fingerprint density at radius 2 is 0.702 bits per heavy atom. The van der Waals surface area contributed by atoms with Gasteiger partial charge in [-0.05, 0) is 83.5 Å². The quantitative estimate of drug-likeness (QED) is 0.0202. The van der Waals surface area contributed by atoms with E-state index in [1.165, 1.54) is 38.5 Å². The molecule has 0 radical (unpaired) electrons. The van der Waals surface area contributed by atoms with Crippen molar-refractivity contribution in [3.8, 4) is 0 Å². The number of allylic oxidation sites excluding steroid dienone is 14. The number of hydrogen-bond donors (Lipinski definition) is 0. The third-order valence-corrected chi connectivity index (χ3v) is 9.49. The van der Waals surface area contributed by atoms with Crippen LogP contribution in [0.4, 0.5) is 0 Å². The van der Waals surface area contributed by atoms with E-state index in [9.17, 15) is 14.4 Å². The van der Waals surface area contributed by atoms with Crippen LogP contribution in [0.5, 0.6) is 0 Å². The maximum absolute atomic E-state index is 12.7. The molecule has 0 aliphatic rings. The van der Waals surface area contributed by atoms with Gasteiger partial charge in [-0.3, -0.25) is 14.4 Å². The first-order chi connectivity index (χ1) is 28.0. The van der Waals surface area contributed by atoms with Gasteiger partial charge in [-0.15, -0.1) is 0 Å². The van der Waals surface area contributed by atoms with Gasteiger partial charge in [-0.25, -0.2) is 0 Å². The zero-order valence-corrected chi connectivity index (χ0v) is 36.8. The average Bonchev–Trinajstić information content (AvgIpc) is 3.21. The van der Waals surface area contributed by atoms with Crippen LogP contribution in [-0.4, -0.2) is 37.2 Å². The predicted octanol–water partition coefficient (Wildman–Crippen LogP) is 14.9. The Bertz CT molecular complexity index is 1140. The van der Waals surface area contributed by atoms with Gasteiger partial charge in [-0.2, -0.15) is 0 Å². The van der Waals surface area contributed by atoms with E-state index in [0.717, 1.165) is 122 Å². The molecule has 0 N–H and O–H groups in total. The number of hydrogen-bond acceptors (Lipinski definition) is 6. The van der Waals surface area contributed by atoms with Crippen molar-refractivity contribution >= 4 is 17.9 Å². The minimum absolute atomic E-state index is 0.101. The number of carbonyl (C=O) groups excluding carboxylic acids is 3. The first-order valence-corrected chi connectivity index (χ1v) is 23.2. The van der Waals surface area contributed by atoms with Crippen molar-refractivity contribution in [1.82, 2.24) is 0 Å². The zero-order chi connectivity index (χ0) is 41.5. The fourth-order valence-electron chi connectivity index (χ4n) is 6.02. The largest absolute Gasteiger partial charge is 0.462 e. The highest BCUT2D eigenvalue weighted by Crippen LogP contribution is 2.13. The van der Waals surface area contributed by atoms with E-state index in [1.807, 2.05) is 6.08 Å². The monoisotopic (exact) mass is 793 g/mol. The highest BCUT2D eigenvalue weighted by atomic mass is 16.6. The lowest BCUT2D eigenvalue weighted by atomic mass is 10.1. The second-order valence-corrected chi connectivity index (χ2v) is 15.0. The first kappa shape index (κ1) is 53.6. The van der Waals surface area contributed by atoms with Crippen LogP contribution in [-0.2, 0) is 28.6 Å². The summed E-state index contributed by atoms with van der Waals surface area (Å²) >= 11 is 0. The van der Waals surface area contributed by atoms with E-state index in [4.69, 9.17) is 14.2 Å². The number of esters is 3. The molecule has 6 heteroatoms. The molecule has 0 fully saturated rings. The van der Waals surface area contributed by atoms with Gasteiger partial charge in [0, 0.05) is 19.3 Å². The van der Waals surface area contributed by atoms with Crippen molar-refractivity contribution in [1.29, 1.82) is 0 Å². The third-order valence-electron chi connectivity index (χ3n) is 9.49. The van der Waals surface area contributed by atoms with Gasteiger partial charge in [0.15, 0.2) is 6.10 Å². The highest BCUT2D eigenvalue weighted by Gasteiger charge is 2.19. The van der Waals surface area contributed by atoms with Crippen LogP contribution in [0, 0.1) is 0 Å². The van der Waals surface area contributed by atoms with Crippen molar-refractivity contribution in [2.75, 3.05) is 13.2 Å². The molecule has 0 rings (SSSR count). The van der Waals surface area contributed by atoms with Gasteiger partial charge in [0.05, 0.1) is 0 Å². The van der Waals surface area contributed by atoms with Crippen LogP contribution in [0.3, 0.4) is 0 Å². The molecule has 0 aromatic heterocycles. The Labute approximate surface area is 350 Å². The molecule has 0 saturated carbocycles. The van der Waals surface area contributed by atoms with Crippen molar-refractivity contribution in [2.45, 2.75) is 207 Å². The Balaban J connectivity index is 4.48. The smallest absolute Gasteiger partial charge is 0.306 e. The van der Waals surface area contributed by atoms with Gasteiger partial charge in [0.2, 0.25) is 0 Å². The summed E-state index contributed by atoms with van der Waals surface area (Å²) in [5.41, 5.74) is 0. The van der Waals surface area contributed by atoms with Crippen molar-refractivity contribution in [3.05, 3.63) is 85.1 Å². The average molecular weight is 793 g/mol. The molecule has 0 spiro atoms. The Morgan fingerprint density at radius 3 is 1.12 bits per heavy atom. The molecule has 0 amide bonds. The number of ether oxygens (including phenoxy) is 3. The summed E-state index contributed by atoms with van der Waals surface area (Å²) < 4.78 is 16.7. The van der Waals surface area contributed by atoms with Crippen LogP contribution in [0.15, 0.2) is 85.1 Å². The van der Waals surface area contributed by atoms with Gasteiger partial charge < -0.3 is 14.2 Å². The first-order valence-electron chi connectivity index (χ1n) is 23.2. The van der Waals surface area contributed by atoms with Crippen LogP contribution >= 0.6 is 0 Å². The van der Waals surface area contributed by atoms with Crippen molar-refractivity contribution in [3.63, 3.8) is 0 Å². The van der Waals surface area contributed by atoms with E-state index in [1.54, 1.807) is 0 Å². The van der Waals surface area contributed by atoms with Crippen LogP contribution < -0.4 is 0 Å². The number of rotatable bonds is 40. The van der Waals surface area contributed by atoms with Crippen molar-refractivity contribution in [2.24, 2.45) is 0 Å². The van der Waals surface area contributed by atoms with E-state index in [2.05, 4.69) is 99.8 Å². The van der Waals surface area contributed by atoms with Crippen molar-refractivity contribution < 1.29 is 28.6 Å². The normalized spacial score (nSPS) is 12.8. The lowest BCUT2D eigenvalue weighted by Gasteiger charge is -2.18. The fraction of sp³-hybridized carbons (Fsp3) is 0.667. The molecule has 0 saturated heterocycles. The Kier molecular flexibility index (Phi) is 42.6. The summed E-state index contributed by atoms with van der Waals surface area (Å²) in [5, 5.41) is 0. The summed E-state index contributed by atoms with van der Waals surface area (Å²) in [7, 11) is 0. The molecule has 324 valence electrons. The minimum Gasteiger partial charge on any atom is -0.462 e. The number of carbonyl (C=O) groups is 3. The highest BCUT2D eigenvalue weighted by molar-refractivity contribution is 5.71. The second kappa shape index (κ2) is 45.3. The van der Waals surface area contributed by atoms with Gasteiger partial charge in [0.1, 0.15) is 13.2 Å². The van der Waals surface area contributed by atoms with Crippen LogP contribution in [0.25, 0.3) is 0 Å². The van der Waals surface area contributed by atoms with Crippen LogP contribution in [0.2, 0.25) is 0 Å². The molecule has 1 atom stereocenters. The molecule has 1 unspecified atom stereocenters. The molecule has 0 heterocycles. The molecule has 0 aromatic carbocycles. The second-order valence-electron chi connectivity index (χ2n) is 15.0. The maximum Gasteiger partial charge on any atom is 0.306 e. The van der Waals surface area contributed by atoms with Gasteiger partial charge >= 0.3 is 17.9 Å². The minimum atomic E-state index is -0.800. The van der Waals surface area contributed by atoms with Gasteiger partial charge in [-0.1, -0.05) is 183 Å². The van der Waals surface area contributed by atoms with E-state index < -0.39 is 6.10 Å². The number of unbranched alkanes of at least 4 members (excludes halogenated alkanes) is 19. The topological polar surface area (TPSA) is 78.9 Å². The maximum atomic E-state index is 12.7. The zero-order valence-electron chi connectivity index (χ0n) is 36.8. The molecular weight excluding hydrogens is 709 g/mol. The van der Waals surface area contributed by atoms with E-state index >= 15 is 0 Å². The summed E-state index contributed by atoms with van der Waals surface area (Å²) in [4.78, 5) is 37.8. The summed E-state index contributed by atoms with van der Waals surface area (Å²) in [6, 6.07) is 0. The lowest BCUT2D eigenvalue weighted by molar-refractivity contribution is -0.167. The predicted molar refractivity (Wildman–Crippen MR) is 242 cm³/mol. The molecule has 6 nitrogen and oxygen atoms in total. The third kappa shape index (κ3) is 43.6. The molecule has 57 heavy (non-hydrogen) atoms. The van der Waals surface area contributed by atoms with E-state index in [0.29, 0.717) is 19.3 Å². The molecule has 0 aliphatic heterocycles. The van der Waals surface area contributed by atoms with Crippen LogP contribution in [0.1, 0.15) is 201 Å². The summed E-state index contributed by atoms with van der Waals surface area (Å²) in [5.74, 6) is -0.964. The SMILES string of the molecule is CC\C=C/C=C\C=C/CCCCCCCC(=O)OCC(COC(=O)CCCCC/C=C\CCCCCCCC)OC(=O)CCCCCCC\C=C/C=C\C=C/CC. The van der Waals surface area contributed by atoms with Gasteiger partial charge in [0.25, 0.3) is 0 Å². The van der Waals surface area contributed by atoms with E-state index in [-0.39, 0.29) is 31.1 Å². The Hall–Kier alpha value is -3.41. The molecule has 0 aromatic rings. The Morgan fingerprint density at radius 1 is 0.368 bits per heavy atom. The fourth-order valence-corrected chi connectivity index (χ4v) is 6.02. The lowest BCUT2D eigenvalue weighted by Crippen LogP contribution is -2.30. The summed E-state index contributed by atoms with van der Waals surface area (Å²) in [6.07, 6.45) is 57.1.